The maximum absolute atomic E-state index is 11.8. The fourth-order valence-electron chi connectivity index (χ4n) is 2.56. The van der Waals surface area contributed by atoms with E-state index in [0.717, 1.165) is 54.9 Å². The Bertz CT molecular complexity index is 632. The lowest BCUT2D eigenvalue weighted by molar-refractivity contribution is -0.121. The second-order valence-corrected chi connectivity index (χ2v) is 7.06. The molecule has 0 atom stereocenters. The Kier molecular flexibility index (Phi) is 13.4. The van der Waals surface area contributed by atoms with Crippen molar-refractivity contribution in [2.45, 2.75) is 45.4 Å². The van der Waals surface area contributed by atoms with Crippen LogP contribution in [0.3, 0.4) is 0 Å². The van der Waals surface area contributed by atoms with Crippen LogP contribution in [0.1, 0.15) is 42.7 Å². The van der Waals surface area contributed by atoms with Crippen molar-refractivity contribution in [3.8, 4) is 11.3 Å². The third-order valence-corrected chi connectivity index (χ3v) is 4.74. The smallest absolute Gasteiger partial charge is 0.220 e. The first-order valence-corrected chi connectivity index (χ1v) is 9.55. The molecule has 2 aromatic rings. The highest BCUT2D eigenvalue weighted by atomic mass is 35.5. The number of nitrogens with two attached hydrogens (primary N) is 1. The van der Waals surface area contributed by atoms with Crippen molar-refractivity contribution in [2.24, 2.45) is 5.73 Å². The first-order valence-electron chi connectivity index (χ1n) is 8.67. The topological polar surface area (TPSA) is 68.0 Å². The van der Waals surface area contributed by atoms with Gasteiger partial charge in [-0.15, -0.1) is 36.2 Å². The number of unbranched alkanes of at least 4 members (excludes halogenated alkanes) is 3. The van der Waals surface area contributed by atoms with Crippen LogP contribution in [-0.2, 0) is 11.2 Å². The number of hydrogen-bond donors (Lipinski definition) is 2. The van der Waals surface area contributed by atoms with E-state index in [4.69, 9.17) is 5.73 Å². The zero-order valence-corrected chi connectivity index (χ0v) is 17.7. The molecule has 1 amide bonds. The van der Waals surface area contributed by atoms with Gasteiger partial charge in [0.2, 0.25) is 5.91 Å². The highest BCUT2D eigenvalue weighted by Gasteiger charge is 2.03. The van der Waals surface area contributed by atoms with Crippen LogP contribution >= 0.6 is 36.2 Å². The van der Waals surface area contributed by atoms with E-state index in [9.17, 15) is 4.79 Å². The van der Waals surface area contributed by atoms with Crippen molar-refractivity contribution in [3.63, 3.8) is 0 Å². The van der Waals surface area contributed by atoms with Crippen LogP contribution in [0, 0.1) is 6.92 Å². The molecule has 0 bridgehead atoms. The Morgan fingerprint density at radius 1 is 1.12 bits per heavy atom. The summed E-state index contributed by atoms with van der Waals surface area (Å²) in [6, 6.07) is 8.43. The molecule has 2 rings (SSSR count). The molecule has 0 aliphatic heterocycles. The van der Waals surface area contributed by atoms with Crippen LogP contribution < -0.4 is 11.1 Å². The zero-order chi connectivity index (χ0) is 17.2. The van der Waals surface area contributed by atoms with Gasteiger partial charge in [0, 0.05) is 23.9 Å². The maximum Gasteiger partial charge on any atom is 0.220 e. The Morgan fingerprint density at radius 2 is 1.81 bits per heavy atom. The number of hydrogen-bond acceptors (Lipinski definition) is 4. The van der Waals surface area contributed by atoms with E-state index < -0.39 is 0 Å². The van der Waals surface area contributed by atoms with Gasteiger partial charge >= 0.3 is 0 Å². The predicted octanol–water partition coefficient (Wildman–Crippen LogP) is 4.53. The monoisotopic (exact) mass is 417 g/mol. The lowest BCUT2D eigenvalue weighted by Gasteiger charge is -2.06. The summed E-state index contributed by atoms with van der Waals surface area (Å²) in [5, 5.41) is 6.16. The van der Waals surface area contributed by atoms with E-state index in [1.165, 1.54) is 5.56 Å². The number of aromatic nitrogens is 1. The summed E-state index contributed by atoms with van der Waals surface area (Å²) in [6.07, 6.45) is 5.68. The summed E-state index contributed by atoms with van der Waals surface area (Å²) in [6.45, 7) is 3.45. The second-order valence-electron chi connectivity index (χ2n) is 6.00. The van der Waals surface area contributed by atoms with Gasteiger partial charge in [-0.05, 0) is 38.3 Å². The van der Waals surface area contributed by atoms with E-state index in [1.54, 1.807) is 11.3 Å². The maximum atomic E-state index is 11.8. The van der Waals surface area contributed by atoms with Gasteiger partial charge in [-0.2, -0.15) is 0 Å². The number of carbonyl (C=O) groups excluding carboxylic acids is 1. The Morgan fingerprint density at radius 3 is 2.42 bits per heavy atom. The summed E-state index contributed by atoms with van der Waals surface area (Å²) in [5.74, 6) is 0.150. The molecule has 0 aliphatic rings. The van der Waals surface area contributed by atoms with Gasteiger partial charge in [-0.1, -0.05) is 37.1 Å². The molecule has 0 unspecified atom stereocenters. The van der Waals surface area contributed by atoms with Crippen molar-refractivity contribution in [1.29, 1.82) is 0 Å². The van der Waals surface area contributed by atoms with Crippen molar-refractivity contribution >= 4 is 42.1 Å². The molecule has 0 saturated heterocycles. The SMILES string of the molecule is Cc1nc(-c2ccc(CCNC(=O)CCCCCCN)cc2)cs1.Cl.Cl. The Labute approximate surface area is 172 Å². The molecule has 0 saturated carbocycles. The molecular formula is C19H29Cl2N3OS. The second kappa shape index (κ2) is 14.0. The molecule has 3 N–H and O–H groups in total. The van der Waals surface area contributed by atoms with Crippen LogP contribution in [0.5, 0.6) is 0 Å². The molecule has 7 heteroatoms. The summed E-state index contributed by atoms with van der Waals surface area (Å²) in [5.41, 5.74) is 8.86. The van der Waals surface area contributed by atoms with Gasteiger partial charge in [0.15, 0.2) is 0 Å². The number of benzene rings is 1. The number of amides is 1. The first-order chi connectivity index (χ1) is 11.7. The quantitative estimate of drug-likeness (QED) is 0.557. The van der Waals surface area contributed by atoms with Gasteiger partial charge in [-0.25, -0.2) is 4.98 Å². The summed E-state index contributed by atoms with van der Waals surface area (Å²) in [7, 11) is 0. The van der Waals surface area contributed by atoms with E-state index in [-0.39, 0.29) is 30.7 Å². The third-order valence-electron chi connectivity index (χ3n) is 3.96. The van der Waals surface area contributed by atoms with Crippen molar-refractivity contribution in [2.75, 3.05) is 13.1 Å². The minimum atomic E-state index is 0. The van der Waals surface area contributed by atoms with Crippen molar-refractivity contribution in [3.05, 3.63) is 40.2 Å². The summed E-state index contributed by atoms with van der Waals surface area (Å²) < 4.78 is 0. The number of rotatable bonds is 10. The molecule has 1 aromatic carbocycles. The minimum absolute atomic E-state index is 0. The molecule has 0 fully saturated rings. The third kappa shape index (κ3) is 8.99. The van der Waals surface area contributed by atoms with Gasteiger partial charge in [0.25, 0.3) is 0 Å². The number of aryl methyl sites for hydroxylation is 1. The van der Waals surface area contributed by atoms with Crippen LogP contribution in [-0.4, -0.2) is 24.0 Å². The number of thiazole rings is 1. The summed E-state index contributed by atoms with van der Waals surface area (Å²) in [4.78, 5) is 16.3. The van der Waals surface area contributed by atoms with Gasteiger partial charge in [0.05, 0.1) is 10.7 Å². The van der Waals surface area contributed by atoms with Crippen molar-refractivity contribution < 1.29 is 4.79 Å². The van der Waals surface area contributed by atoms with Crippen LogP contribution in [0.2, 0.25) is 0 Å². The van der Waals surface area contributed by atoms with Gasteiger partial charge in [-0.3, -0.25) is 4.79 Å². The molecule has 0 radical (unpaired) electrons. The van der Waals surface area contributed by atoms with Crippen LogP contribution in [0.15, 0.2) is 29.6 Å². The van der Waals surface area contributed by atoms with E-state index in [0.29, 0.717) is 13.0 Å². The Hall–Kier alpha value is -1.14. The highest BCUT2D eigenvalue weighted by Crippen LogP contribution is 2.21. The van der Waals surface area contributed by atoms with Crippen molar-refractivity contribution in [1.82, 2.24) is 10.3 Å². The normalized spacial score (nSPS) is 9.92. The molecule has 0 aliphatic carbocycles. The van der Waals surface area contributed by atoms with E-state index in [2.05, 4.69) is 39.9 Å². The molecule has 4 nitrogen and oxygen atoms in total. The zero-order valence-electron chi connectivity index (χ0n) is 15.2. The first kappa shape index (κ1) is 24.9. The minimum Gasteiger partial charge on any atom is -0.356 e. The van der Waals surface area contributed by atoms with E-state index >= 15 is 0 Å². The van der Waals surface area contributed by atoms with Crippen LogP contribution in [0.25, 0.3) is 11.3 Å². The average Bonchev–Trinajstić information content (AvgIpc) is 3.02. The van der Waals surface area contributed by atoms with Crippen LogP contribution in [0.4, 0.5) is 0 Å². The highest BCUT2D eigenvalue weighted by molar-refractivity contribution is 7.09. The number of halogens is 2. The van der Waals surface area contributed by atoms with Gasteiger partial charge < -0.3 is 11.1 Å². The van der Waals surface area contributed by atoms with Gasteiger partial charge in [0.1, 0.15) is 0 Å². The lowest BCUT2D eigenvalue weighted by Crippen LogP contribution is -2.25. The average molecular weight is 418 g/mol. The summed E-state index contributed by atoms with van der Waals surface area (Å²) >= 11 is 1.67. The Balaban J connectivity index is 0.00000312. The molecular weight excluding hydrogens is 389 g/mol. The molecule has 1 heterocycles. The fraction of sp³-hybridized carbons (Fsp3) is 0.474. The molecule has 0 spiro atoms. The fourth-order valence-corrected chi connectivity index (χ4v) is 3.18. The molecule has 1 aromatic heterocycles. The van der Waals surface area contributed by atoms with E-state index in [1.807, 2.05) is 6.92 Å². The lowest BCUT2D eigenvalue weighted by atomic mass is 10.1. The standard InChI is InChI=1S/C19H27N3OS.2ClH/c1-15-22-18(14-24-15)17-9-7-16(8-10-17)11-13-21-19(23)6-4-2-3-5-12-20;;/h7-10,14H,2-6,11-13,20H2,1H3,(H,21,23);2*1H. The predicted molar refractivity (Wildman–Crippen MR) is 116 cm³/mol. The number of carbonyl (C=O) groups is 1. The molecule has 26 heavy (non-hydrogen) atoms. The largest absolute Gasteiger partial charge is 0.356 e. The number of nitrogens with zero attached hydrogens (tertiary/aromatic N) is 1. The molecule has 146 valence electrons. The number of nitrogens with one attached hydrogen (secondary N) is 1.